The van der Waals surface area contributed by atoms with E-state index in [0.717, 1.165) is 13.1 Å². The molecule has 1 saturated carbocycles. The van der Waals surface area contributed by atoms with Gasteiger partial charge in [-0.2, -0.15) is 0 Å². The minimum Gasteiger partial charge on any atom is -0.425 e. The Bertz CT molecular complexity index is 371. The van der Waals surface area contributed by atoms with Crippen molar-refractivity contribution in [2.24, 2.45) is 0 Å². The first-order valence-corrected chi connectivity index (χ1v) is 6.51. The maximum atomic E-state index is 13.0. The van der Waals surface area contributed by atoms with E-state index in [0.29, 0.717) is 31.0 Å². The quantitative estimate of drug-likeness (QED) is 0.825. The SMILES string of the molecule is CCNCCc1nnc(C2CCC(F)(F)CC2)o1. The van der Waals surface area contributed by atoms with Gasteiger partial charge >= 0.3 is 0 Å². The molecule has 0 aromatic carbocycles. The summed E-state index contributed by atoms with van der Waals surface area (Å²) in [6, 6.07) is 0. The fourth-order valence-electron chi connectivity index (χ4n) is 2.19. The van der Waals surface area contributed by atoms with Crippen LogP contribution < -0.4 is 5.32 Å². The summed E-state index contributed by atoms with van der Waals surface area (Å²) in [6.45, 7) is 3.72. The van der Waals surface area contributed by atoms with Gasteiger partial charge in [-0.1, -0.05) is 6.92 Å². The number of alkyl halides is 2. The average Bonchev–Trinajstić information content (AvgIpc) is 2.78. The van der Waals surface area contributed by atoms with Crippen molar-refractivity contribution in [3.63, 3.8) is 0 Å². The lowest BCUT2D eigenvalue weighted by atomic mass is 9.87. The fraction of sp³-hybridized carbons (Fsp3) is 0.833. The summed E-state index contributed by atoms with van der Waals surface area (Å²) < 4.78 is 31.6. The van der Waals surface area contributed by atoms with Gasteiger partial charge < -0.3 is 9.73 Å². The van der Waals surface area contributed by atoms with Crippen molar-refractivity contribution in [1.29, 1.82) is 0 Å². The molecule has 1 N–H and O–H groups in total. The van der Waals surface area contributed by atoms with Crippen molar-refractivity contribution < 1.29 is 13.2 Å². The zero-order chi connectivity index (χ0) is 13.0. The maximum Gasteiger partial charge on any atom is 0.248 e. The Hall–Kier alpha value is -1.04. The second-order valence-electron chi connectivity index (χ2n) is 4.77. The van der Waals surface area contributed by atoms with Crippen molar-refractivity contribution in [2.45, 2.75) is 50.9 Å². The summed E-state index contributed by atoms with van der Waals surface area (Å²) in [4.78, 5) is 0. The Labute approximate surface area is 105 Å². The average molecular weight is 259 g/mol. The molecule has 0 radical (unpaired) electrons. The Morgan fingerprint density at radius 2 is 2.06 bits per heavy atom. The van der Waals surface area contributed by atoms with Crippen LogP contribution in [-0.4, -0.2) is 29.2 Å². The molecule has 1 aromatic rings. The van der Waals surface area contributed by atoms with E-state index in [1.54, 1.807) is 0 Å². The standard InChI is InChI=1S/C12H19F2N3O/c1-2-15-8-5-10-16-17-11(18-10)9-3-6-12(13,14)7-4-9/h9,15H,2-8H2,1H3. The van der Waals surface area contributed by atoms with Crippen LogP contribution in [0.25, 0.3) is 0 Å². The fourth-order valence-corrected chi connectivity index (χ4v) is 2.19. The van der Waals surface area contributed by atoms with Crippen LogP contribution in [0.1, 0.15) is 50.3 Å². The summed E-state index contributed by atoms with van der Waals surface area (Å²) >= 11 is 0. The first kappa shape index (κ1) is 13.4. The van der Waals surface area contributed by atoms with Gasteiger partial charge in [-0.05, 0) is 19.4 Å². The van der Waals surface area contributed by atoms with Crippen LogP contribution in [0.15, 0.2) is 4.42 Å². The summed E-state index contributed by atoms with van der Waals surface area (Å²) in [6.07, 6.45) is 1.40. The van der Waals surface area contributed by atoms with E-state index in [2.05, 4.69) is 15.5 Å². The monoisotopic (exact) mass is 259 g/mol. The number of hydrogen-bond acceptors (Lipinski definition) is 4. The Balaban J connectivity index is 1.86. The van der Waals surface area contributed by atoms with Crippen molar-refractivity contribution in [3.8, 4) is 0 Å². The van der Waals surface area contributed by atoms with Gasteiger partial charge in [-0.15, -0.1) is 10.2 Å². The molecule has 1 heterocycles. The van der Waals surface area contributed by atoms with Crippen LogP contribution in [0.4, 0.5) is 8.78 Å². The van der Waals surface area contributed by atoms with Gasteiger partial charge in [0.15, 0.2) is 0 Å². The molecule has 0 bridgehead atoms. The van der Waals surface area contributed by atoms with Gasteiger partial charge in [0.25, 0.3) is 0 Å². The molecule has 2 rings (SSSR count). The smallest absolute Gasteiger partial charge is 0.248 e. The van der Waals surface area contributed by atoms with Crippen LogP contribution in [-0.2, 0) is 6.42 Å². The molecule has 0 unspecified atom stereocenters. The zero-order valence-corrected chi connectivity index (χ0v) is 10.6. The molecule has 102 valence electrons. The van der Waals surface area contributed by atoms with Crippen molar-refractivity contribution >= 4 is 0 Å². The van der Waals surface area contributed by atoms with Crippen molar-refractivity contribution in [3.05, 3.63) is 11.8 Å². The molecule has 1 aliphatic carbocycles. The van der Waals surface area contributed by atoms with E-state index in [-0.39, 0.29) is 18.8 Å². The molecule has 1 fully saturated rings. The van der Waals surface area contributed by atoms with E-state index in [1.165, 1.54) is 0 Å². The number of aromatic nitrogens is 2. The van der Waals surface area contributed by atoms with E-state index < -0.39 is 5.92 Å². The maximum absolute atomic E-state index is 13.0. The lowest BCUT2D eigenvalue weighted by Crippen LogP contribution is -2.23. The third-order valence-electron chi connectivity index (χ3n) is 3.31. The molecular weight excluding hydrogens is 240 g/mol. The first-order chi connectivity index (χ1) is 8.61. The van der Waals surface area contributed by atoms with Gasteiger partial charge in [0.1, 0.15) is 0 Å². The van der Waals surface area contributed by atoms with Gasteiger partial charge in [0, 0.05) is 31.7 Å². The largest absolute Gasteiger partial charge is 0.425 e. The number of likely N-dealkylation sites (N-methyl/N-ethyl adjacent to an activating group) is 1. The van der Waals surface area contributed by atoms with E-state index in [9.17, 15) is 8.78 Å². The predicted molar refractivity (Wildman–Crippen MR) is 62.7 cm³/mol. The van der Waals surface area contributed by atoms with Crippen LogP contribution in [0.5, 0.6) is 0 Å². The zero-order valence-electron chi connectivity index (χ0n) is 10.6. The number of halogens is 2. The highest BCUT2D eigenvalue weighted by atomic mass is 19.3. The van der Waals surface area contributed by atoms with Crippen LogP contribution in [0, 0.1) is 0 Å². The topological polar surface area (TPSA) is 51.0 Å². The predicted octanol–water partition coefficient (Wildman–Crippen LogP) is 2.51. The Morgan fingerprint density at radius 1 is 1.33 bits per heavy atom. The van der Waals surface area contributed by atoms with Gasteiger partial charge in [0.05, 0.1) is 0 Å². The molecule has 1 aliphatic rings. The molecule has 4 nitrogen and oxygen atoms in total. The molecule has 0 amide bonds. The normalized spacial score (nSPS) is 20.2. The molecular formula is C12H19F2N3O. The third-order valence-corrected chi connectivity index (χ3v) is 3.31. The summed E-state index contributed by atoms with van der Waals surface area (Å²) in [7, 11) is 0. The molecule has 0 spiro atoms. The summed E-state index contributed by atoms with van der Waals surface area (Å²) in [5.74, 6) is -1.39. The van der Waals surface area contributed by atoms with E-state index >= 15 is 0 Å². The van der Waals surface area contributed by atoms with Crippen LogP contribution >= 0.6 is 0 Å². The highest BCUT2D eigenvalue weighted by molar-refractivity contribution is 4.96. The molecule has 0 saturated heterocycles. The Morgan fingerprint density at radius 3 is 2.72 bits per heavy atom. The molecule has 0 aliphatic heterocycles. The molecule has 6 heteroatoms. The van der Waals surface area contributed by atoms with Gasteiger partial charge in [0.2, 0.25) is 17.7 Å². The highest BCUT2D eigenvalue weighted by Gasteiger charge is 2.37. The minimum atomic E-state index is -2.51. The molecule has 18 heavy (non-hydrogen) atoms. The lowest BCUT2D eigenvalue weighted by Gasteiger charge is -2.25. The second-order valence-corrected chi connectivity index (χ2v) is 4.77. The van der Waals surface area contributed by atoms with Crippen LogP contribution in [0.2, 0.25) is 0 Å². The van der Waals surface area contributed by atoms with Gasteiger partial charge in [-0.3, -0.25) is 0 Å². The Kier molecular flexibility index (Phi) is 4.27. The van der Waals surface area contributed by atoms with Crippen molar-refractivity contribution in [1.82, 2.24) is 15.5 Å². The third kappa shape index (κ3) is 3.48. The summed E-state index contributed by atoms with van der Waals surface area (Å²) in [5, 5.41) is 11.1. The molecule has 1 aromatic heterocycles. The second kappa shape index (κ2) is 5.73. The minimum absolute atomic E-state index is 0.00464. The van der Waals surface area contributed by atoms with E-state index in [1.807, 2.05) is 6.92 Å². The first-order valence-electron chi connectivity index (χ1n) is 6.51. The molecule has 0 atom stereocenters. The highest BCUT2D eigenvalue weighted by Crippen LogP contribution is 2.40. The van der Waals surface area contributed by atoms with E-state index in [4.69, 9.17) is 4.42 Å². The summed E-state index contributed by atoms with van der Waals surface area (Å²) in [5.41, 5.74) is 0. The number of nitrogens with zero attached hydrogens (tertiary/aromatic N) is 2. The van der Waals surface area contributed by atoms with Gasteiger partial charge in [-0.25, -0.2) is 8.78 Å². The van der Waals surface area contributed by atoms with Crippen molar-refractivity contribution in [2.75, 3.05) is 13.1 Å². The lowest BCUT2D eigenvalue weighted by molar-refractivity contribution is -0.0399. The van der Waals surface area contributed by atoms with Crippen LogP contribution in [0.3, 0.4) is 0 Å². The number of hydrogen-bond donors (Lipinski definition) is 1. The number of nitrogens with one attached hydrogen (secondary N) is 1. The number of rotatable bonds is 5.